The van der Waals surface area contributed by atoms with Gasteiger partial charge in [0.1, 0.15) is 11.7 Å². The van der Waals surface area contributed by atoms with Crippen molar-refractivity contribution in [3.05, 3.63) is 90.4 Å². The van der Waals surface area contributed by atoms with Gasteiger partial charge in [-0.25, -0.2) is 0 Å². The van der Waals surface area contributed by atoms with Gasteiger partial charge in [-0.2, -0.15) is 0 Å². The third-order valence-electron chi connectivity index (χ3n) is 7.08. The molecule has 4 atom stereocenters. The lowest BCUT2D eigenvalue weighted by Crippen LogP contribution is -2.49. The molecule has 212 valence electrons. The van der Waals surface area contributed by atoms with Crippen LogP contribution in [-0.4, -0.2) is 35.5 Å². The van der Waals surface area contributed by atoms with Crippen LogP contribution >= 0.6 is 0 Å². The number of benzene rings is 2. The number of amides is 4. The highest BCUT2D eigenvalue weighted by atomic mass is 16.3. The number of ketones is 1. The van der Waals surface area contributed by atoms with E-state index in [2.05, 4.69) is 16.0 Å². The van der Waals surface area contributed by atoms with E-state index in [1.165, 1.54) is 19.3 Å². The van der Waals surface area contributed by atoms with Gasteiger partial charge in [0.2, 0.25) is 23.6 Å². The molecular weight excluding hydrogens is 522 g/mol. The van der Waals surface area contributed by atoms with Crippen LogP contribution in [-0.2, 0) is 24.0 Å². The zero-order valence-electron chi connectivity index (χ0n) is 23.1. The smallest absolute Gasteiger partial charge is 0.244 e. The van der Waals surface area contributed by atoms with Gasteiger partial charge in [-0.3, -0.25) is 29.3 Å². The number of carbonyl (C=O) groups excluding carboxylic acids is 5. The van der Waals surface area contributed by atoms with Crippen molar-refractivity contribution >= 4 is 35.5 Å². The highest BCUT2D eigenvalue weighted by molar-refractivity contribution is 6.16. The Hall–Kier alpha value is -4.79. The number of furan rings is 1. The molecule has 9 nitrogen and oxygen atoms in total. The molecule has 3 aromatic rings. The first-order valence-electron chi connectivity index (χ1n) is 13.5. The van der Waals surface area contributed by atoms with Gasteiger partial charge in [0, 0.05) is 6.08 Å². The maximum Gasteiger partial charge on any atom is 0.244 e. The molecule has 0 aliphatic carbocycles. The van der Waals surface area contributed by atoms with Crippen molar-refractivity contribution in [2.24, 2.45) is 17.8 Å². The second-order valence-corrected chi connectivity index (χ2v) is 10.4. The van der Waals surface area contributed by atoms with Crippen LogP contribution < -0.4 is 16.0 Å². The van der Waals surface area contributed by atoms with Crippen molar-refractivity contribution in [3.8, 4) is 11.1 Å². The summed E-state index contributed by atoms with van der Waals surface area (Å²) < 4.78 is 5.46. The molecule has 1 aromatic heterocycles. The molecule has 1 aliphatic heterocycles. The number of hydrogen-bond acceptors (Lipinski definition) is 6. The fourth-order valence-electron chi connectivity index (χ4n) is 4.77. The zero-order valence-corrected chi connectivity index (χ0v) is 23.1. The lowest BCUT2D eigenvalue weighted by atomic mass is 9.85. The minimum Gasteiger partial charge on any atom is -0.467 e. The number of Topliss-reactive ketones (excluding diaryl/α,β-unsaturated/α-hetero) is 1. The molecule has 3 N–H and O–H groups in total. The summed E-state index contributed by atoms with van der Waals surface area (Å²) in [7, 11) is 0. The topological polar surface area (TPSA) is 135 Å². The molecular formula is C32H33N3O6. The second kappa shape index (κ2) is 13.0. The van der Waals surface area contributed by atoms with Gasteiger partial charge in [-0.15, -0.1) is 0 Å². The van der Waals surface area contributed by atoms with Gasteiger partial charge < -0.3 is 15.1 Å². The number of carbonyl (C=O) groups is 5. The molecule has 2 aromatic carbocycles. The molecule has 1 unspecified atom stereocenters. The summed E-state index contributed by atoms with van der Waals surface area (Å²) in [4.78, 5) is 63.2. The SMILES string of the molecule is CC(C)[C@H](NC(=O)CC(NC(=O)/C=C/c1ccc(-c2ccccc2)cc1)c1ccco1)C(=O)[C@@H]1C(=O)NC(=O)[C@H]1C. The largest absolute Gasteiger partial charge is 0.467 e. The fraction of sp³-hybridized carbons (Fsp3) is 0.281. The number of rotatable bonds is 11. The van der Waals surface area contributed by atoms with E-state index >= 15 is 0 Å². The summed E-state index contributed by atoms with van der Waals surface area (Å²) in [6.45, 7) is 4.99. The minimum absolute atomic E-state index is 0.208. The van der Waals surface area contributed by atoms with E-state index in [0.29, 0.717) is 5.76 Å². The van der Waals surface area contributed by atoms with Crippen molar-refractivity contribution in [1.29, 1.82) is 0 Å². The average molecular weight is 556 g/mol. The van der Waals surface area contributed by atoms with Gasteiger partial charge in [0.15, 0.2) is 5.78 Å². The summed E-state index contributed by atoms with van der Waals surface area (Å²) >= 11 is 0. The monoisotopic (exact) mass is 555 g/mol. The predicted octanol–water partition coefficient (Wildman–Crippen LogP) is 3.83. The van der Waals surface area contributed by atoms with Crippen LogP contribution in [0.3, 0.4) is 0 Å². The molecule has 4 amide bonds. The normalized spacial score (nSPS) is 18.2. The van der Waals surface area contributed by atoms with E-state index in [9.17, 15) is 24.0 Å². The van der Waals surface area contributed by atoms with E-state index in [0.717, 1.165) is 16.7 Å². The molecule has 0 spiro atoms. The lowest BCUT2D eigenvalue weighted by Gasteiger charge is -2.25. The van der Waals surface area contributed by atoms with Crippen molar-refractivity contribution in [2.75, 3.05) is 0 Å². The highest BCUT2D eigenvalue weighted by Gasteiger charge is 2.46. The Labute approximate surface area is 238 Å². The Morgan fingerprint density at radius 2 is 1.59 bits per heavy atom. The maximum atomic E-state index is 13.2. The van der Waals surface area contributed by atoms with Gasteiger partial charge in [-0.05, 0) is 40.8 Å². The Morgan fingerprint density at radius 3 is 2.17 bits per heavy atom. The molecule has 0 saturated carbocycles. The third-order valence-corrected chi connectivity index (χ3v) is 7.08. The standard InChI is InChI=1S/C32H33N3O6/c1-19(2)29(30(38)28-20(3)31(39)35-32(28)40)34-27(37)18-24(25-10-7-17-41-25)33-26(36)16-13-21-11-14-23(15-12-21)22-8-5-4-6-9-22/h4-17,19-20,24,28-29H,18H2,1-3H3,(H,33,36)(H,34,37)(H,35,39,40)/b16-13+/t20-,24?,28+,29-/m0/s1. The first-order chi connectivity index (χ1) is 19.6. The second-order valence-electron chi connectivity index (χ2n) is 10.4. The quantitative estimate of drug-likeness (QED) is 0.187. The Morgan fingerprint density at radius 1 is 0.902 bits per heavy atom. The summed E-state index contributed by atoms with van der Waals surface area (Å²) in [6.07, 6.45) is 4.28. The van der Waals surface area contributed by atoms with Gasteiger partial charge >= 0.3 is 0 Å². The molecule has 0 bridgehead atoms. The number of hydrogen-bond donors (Lipinski definition) is 3. The minimum atomic E-state index is -1.16. The van der Waals surface area contributed by atoms with Gasteiger partial charge in [0.25, 0.3) is 0 Å². The first kappa shape index (κ1) is 29.2. The van der Waals surface area contributed by atoms with E-state index in [1.54, 1.807) is 32.1 Å². The van der Waals surface area contributed by atoms with Gasteiger partial charge in [0.05, 0.1) is 30.7 Å². The summed E-state index contributed by atoms with van der Waals surface area (Å²) in [5.41, 5.74) is 2.98. The van der Waals surface area contributed by atoms with Crippen molar-refractivity contribution < 1.29 is 28.4 Å². The molecule has 0 radical (unpaired) electrons. The molecule has 41 heavy (non-hydrogen) atoms. The summed E-state index contributed by atoms with van der Waals surface area (Å²) in [5, 5.41) is 7.66. The third kappa shape index (κ3) is 7.25. The van der Waals surface area contributed by atoms with Crippen molar-refractivity contribution in [3.63, 3.8) is 0 Å². The van der Waals surface area contributed by atoms with Crippen molar-refractivity contribution in [2.45, 2.75) is 39.3 Å². The Bertz CT molecular complexity index is 1430. The fourth-order valence-corrected chi connectivity index (χ4v) is 4.77. The van der Waals surface area contributed by atoms with E-state index < -0.39 is 53.3 Å². The van der Waals surface area contributed by atoms with Crippen LogP contribution in [0.2, 0.25) is 0 Å². The predicted molar refractivity (Wildman–Crippen MR) is 153 cm³/mol. The van der Waals surface area contributed by atoms with Crippen molar-refractivity contribution in [1.82, 2.24) is 16.0 Å². The molecule has 2 heterocycles. The molecule has 9 heteroatoms. The summed E-state index contributed by atoms with van der Waals surface area (Å²) in [6, 6.07) is 19.2. The molecule has 4 rings (SSSR count). The van der Waals surface area contributed by atoms with Crippen LogP contribution in [0.25, 0.3) is 17.2 Å². The van der Waals surface area contributed by atoms with E-state index in [4.69, 9.17) is 4.42 Å². The Balaban J connectivity index is 1.40. The lowest BCUT2D eigenvalue weighted by molar-refractivity contribution is -0.137. The maximum absolute atomic E-state index is 13.2. The highest BCUT2D eigenvalue weighted by Crippen LogP contribution is 2.24. The van der Waals surface area contributed by atoms with Crippen LogP contribution in [0.5, 0.6) is 0 Å². The molecule has 1 fully saturated rings. The van der Waals surface area contributed by atoms with Crippen LogP contribution in [0.15, 0.2) is 83.5 Å². The number of imide groups is 1. The molecule has 1 aliphatic rings. The average Bonchev–Trinajstić information content (AvgIpc) is 3.58. The molecule has 1 saturated heterocycles. The zero-order chi connectivity index (χ0) is 29.5. The summed E-state index contributed by atoms with van der Waals surface area (Å²) in [5.74, 6) is -4.59. The number of nitrogens with one attached hydrogen (secondary N) is 3. The van der Waals surface area contributed by atoms with E-state index in [-0.39, 0.29) is 12.3 Å². The van der Waals surface area contributed by atoms with Crippen LogP contribution in [0, 0.1) is 17.8 Å². The first-order valence-corrected chi connectivity index (χ1v) is 13.5. The van der Waals surface area contributed by atoms with Gasteiger partial charge in [-0.1, -0.05) is 75.4 Å². The Kier molecular flexibility index (Phi) is 9.29. The van der Waals surface area contributed by atoms with Crippen LogP contribution in [0.1, 0.15) is 44.6 Å². The van der Waals surface area contributed by atoms with Crippen LogP contribution in [0.4, 0.5) is 0 Å². The van der Waals surface area contributed by atoms with E-state index in [1.807, 2.05) is 54.6 Å².